The zero-order chi connectivity index (χ0) is 22.5. The predicted molar refractivity (Wildman–Crippen MR) is 114 cm³/mol. The van der Waals surface area contributed by atoms with E-state index >= 15 is 0 Å². The summed E-state index contributed by atoms with van der Waals surface area (Å²) in [7, 11) is 0. The number of amides is 1. The normalized spacial score (nSPS) is 11.3. The maximum absolute atomic E-state index is 12.7. The van der Waals surface area contributed by atoms with E-state index in [0.717, 1.165) is 5.69 Å². The summed E-state index contributed by atoms with van der Waals surface area (Å²) in [6.45, 7) is 6.23. The van der Waals surface area contributed by atoms with Crippen molar-refractivity contribution in [2.75, 3.05) is 6.61 Å². The number of carbonyl (C=O) groups is 3. The number of esters is 1. The quantitative estimate of drug-likeness (QED) is 0.357. The van der Waals surface area contributed by atoms with E-state index in [-0.39, 0.29) is 11.5 Å². The highest BCUT2D eigenvalue weighted by Gasteiger charge is 2.21. The Kier molecular flexibility index (Phi) is 6.49. The van der Waals surface area contributed by atoms with E-state index < -0.39 is 18.5 Å². The minimum absolute atomic E-state index is 0.0463. The van der Waals surface area contributed by atoms with Gasteiger partial charge in [-0.25, -0.2) is 4.79 Å². The second-order valence-corrected chi connectivity index (χ2v) is 7.07. The van der Waals surface area contributed by atoms with Crippen molar-refractivity contribution < 1.29 is 23.6 Å². The summed E-state index contributed by atoms with van der Waals surface area (Å²) in [5.74, 6) is -0.359. The van der Waals surface area contributed by atoms with Crippen LogP contribution in [0.25, 0.3) is 11.9 Å². The summed E-state index contributed by atoms with van der Waals surface area (Å²) in [6.07, 6.45) is 1.49. The molecule has 1 amide bonds. The van der Waals surface area contributed by atoms with Gasteiger partial charge in [0, 0.05) is 29.9 Å². The lowest BCUT2D eigenvalue weighted by molar-refractivity contribution is -0.139. The highest BCUT2D eigenvalue weighted by atomic mass is 16.5. The average molecular weight is 421 g/mol. The molecule has 0 spiro atoms. The van der Waals surface area contributed by atoms with Gasteiger partial charge in [0.25, 0.3) is 0 Å². The molecule has 1 aromatic carbocycles. The first kappa shape index (κ1) is 21.8. The highest BCUT2D eigenvalue weighted by Crippen LogP contribution is 2.21. The number of carbonyl (C=O) groups excluding carboxylic acids is 3. The molecule has 0 unspecified atom stereocenters. The van der Waals surface area contributed by atoms with E-state index in [0.29, 0.717) is 28.4 Å². The molecule has 0 saturated carbocycles. The van der Waals surface area contributed by atoms with Gasteiger partial charge in [-0.05, 0) is 38.5 Å². The minimum Gasteiger partial charge on any atom is -0.453 e. The summed E-state index contributed by atoms with van der Waals surface area (Å²) in [4.78, 5) is 36.7. The summed E-state index contributed by atoms with van der Waals surface area (Å²) >= 11 is 0. The van der Waals surface area contributed by atoms with E-state index in [9.17, 15) is 14.4 Å². The van der Waals surface area contributed by atoms with Crippen LogP contribution in [0.5, 0.6) is 0 Å². The van der Waals surface area contributed by atoms with Crippen molar-refractivity contribution in [2.45, 2.75) is 27.7 Å². The Labute approximate surface area is 179 Å². The van der Waals surface area contributed by atoms with Crippen LogP contribution in [-0.2, 0) is 14.3 Å². The first-order chi connectivity index (χ1) is 14.8. The van der Waals surface area contributed by atoms with Crippen molar-refractivity contribution >= 4 is 23.7 Å². The topological polar surface area (TPSA) is 103 Å². The number of hydrogen-bond acceptors (Lipinski definition) is 6. The van der Waals surface area contributed by atoms with Gasteiger partial charge in [0.1, 0.15) is 11.5 Å². The van der Waals surface area contributed by atoms with Crippen molar-refractivity contribution in [3.05, 3.63) is 76.4 Å². The number of nitrogens with one attached hydrogen (secondary N) is 1. The van der Waals surface area contributed by atoms with Crippen LogP contribution in [0.2, 0.25) is 0 Å². The first-order valence-corrected chi connectivity index (χ1v) is 9.63. The summed E-state index contributed by atoms with van der Waals surface area (Å²) < 4.78 is 12.1. The van der Waals surface area contributed by atoms with Gasteiger partial charge in [-0.3, -0.25) is 14.2 Å². The molecule has 31 heavy (non-hydrogen) atoms. The molecule has 8 nitrogen and oxygen atoms in total. The van der Waals surface area contributed by atoms with Crippen LogP contribution in [0.4, 0.5) is 0 Å². The monoisotopic (exact) mass is 421 g/mol. The third kappa shape index (κ3) is 5.16. The lowest BCUT2D eigenvalue weighted by Gasteiger charge is -2.09. The van der Waals surface area contributed by atoms with Gasteiger partial charge >= 0.3 is 5.97 Å². The van der Waals surface area contributed by atoms with Gasteiger partial charge in [0.15, 0.2) is 12.4 Å². The van der Waals surface area contributed by atoms with Crippen LogP contribution >= 0.6 is 0 Å². The number of ketones is 1. The standard InChI is InChI=1S/C23H23N3O5/c1-14-10-19(16(3)26(14)22-11-15(2)31-25-22)21(28)13-30-23(29)20(24-17(4)27)12-18-8-6-5-7-9-18/h5-12H,13H2,1-4H3,(H,24,27)/b20-12-. The molecule has 2 aromatic heterocycles. The van der Waals surface area contributed by atoms with E-state index in [1.54, 1.807) is 54.8 Å². The average Bonchev–Trinajstić information content (AvgIpc) is 3.27. The minimum atomic E-state index is -0.798. The van der Waals surface area contributed by atoms with Crippen molar-refractivity contribution in [2.24, 2.45) is 0 Å². The molecule has 0 atom stereocenters. The molecular formula is C23H23N3O5. The van der Waals surface area contributed by atoms with Crippen LogP contribution in [0, 0.1) is 20.8 Å². The number of ether oxygens (including phenoxy) is 1. The Morgan fingerprint density at radius 1 is 1.13 bits per heavy atom. The van der Waals surface area contributed by atoms with E-state index in [1.165, 1.54) is 13.0 Å². The summed E-state index contributed by atoms with van der Waals surface area (Å²) in [5, 5.41) is 6.44. The maximum Gasteiger partial charge on any atom is 0.355 e. The third-order valence-electron chi connectivity index (χ3n) is 4.55. The van der Waals surface area contributed by atoms with E-state index in [4.69, 9.17) is 9.26 Å². The number of Topliss-reactive ketones (excluding diaryl/α,β-unsaturated/α-hetero) is 1. The molecule has 0 saturated heterocycles. The molecule has 0 aliphatic heterocycles. The number of aromatic nitrogens is 2. The molecule has 160 valence electrons. The highest BCUT2D eigenvalue weighted by molar-refractivity contribution is 6.02. The number of rotatable bonds is 7. The Balaban J connectivity index is 1.75. The van der Waals surface area contributed by atoms with Crippen molar-refractivity contribution in [1.29, 1.82) is 0 Å². The van der Waals surface area contributed by atoms with Gasteiger partial charge in [-0.2, -0.15) is 0 Å². The number of hydrogen-bond donors (Lipinski definition) is 1. The Morgan fingerprint density at radius 2 is 1.84 bits per heavy atom. The molecule has 3 aromatic rings. The SMILES string of the molecule is CC(=O)N/C(=C\c1ccccc1)C(=O)OCC(=O)c1cc(C)n(-c2cc(C)on2)c1C. The third-order valence-corrected chi connectivity index (χ3v) is 4.55. The molecule has 0 radical (unpaired) electrons. The smallest absolute Gasteiger partial charge is 0.355 e. The summed E-state index contributed by atoms with van der Waals surface area (Å²) in [6, 6.07) is 12.5. The lowest BCUT2D eigenvalue weighted by Crippen LogP contribution is -2.27. The molecule has 0 bridgehead atoms. The Hall–Kier alpha value is -3.94. The molecule has 1 N–H and O–H groups in total. The number of benzene rings is 1. The molecular weight excluding hydrogens is 398 g/mol. The van der Waals surface area contributed by atoms with Crippen LogP contribution in [0.3, 0.4) is 0 Å². The summed E-state index contributed by atoms with van der Waals surface area (Å²) in [5.41, 5.74) is 2.53. The van der Waals surface area contributed by atoms with Crippen molar-refractivity contribution in [1.82, 2.24) is 15.0 Å². The fourth-order valence-corrected chi connectivity index (χ4v) is 3.19. The van der Waals surface area contributed by atoms with E-state index in [1.807, 2.05) is 13.0 Å². The fraction of sp³-hybridized carbons (Fsp3) is 0.217. The molecule has 8 heteroatoms. The van der Waals surface area contributed by atoms with Gasteiger partial charge in [0.05, 0.1) is 0 Å². The molecule has 2 heterocycles. The van der Waals surface area contributed by atoms with Crippen LogP contribution in [-0.4, -0.2) is 34.0 Å². The van der Waals surface area contributed by atoms with Crippen molar-refractivity contribution in [3.8, 4) is 5.82 Å². The van der Waals surface area contributed by atoms with Crippen LogP contribution < -0.4 is 5.32 Å². The predicted octanol–water partition coefficient (Wildman–Crippen LogP) is 3.29. The maximum atomic E-state index is 12.7. The van der Waals surface area contributed by atoms with Crippen LogP contribution in [0.1, 0.15) is 40.0 Å². The van der Waals surface area contributed by atoms with Gasteiger partial charge in [0.2, 0.25) is 11.7 Å². The van der Waals surface area contributed by atoms with Gasteiger partial charge < -0.3 is 14.6 Å². The molecule has 3 rings (SSSR count). The van der Waals surface area contributed by atoms with Crippen LogP contribution in [0.15, 0.2) is 52.7 Å². The second kappa shape index (κ2) is 9.25. The van der Waals surface area contributed by atoms with Gasteiger partial charge in [-0.15, -0.1) is 0 Å². The Morgan fingerprint density at radius 3 is 2.45 bits per heavy atom. The number of aryl methyl sites for hydroxylation is 2. The lowest BCUT2D eigenvalue weighted by atomic mass is 10.1. The first-order valence-electron chi connectivity index (χ1n) is 9.63. The molecule has 0 aliphatic rings. The second-order valence-electron chi connectivity index (χ2n) is 7.07. The van der Waals surface area contributed by atoms with Gasteiger partial charge in [-0.1, -0.05) is 35.5 Å². The molecule has 0 aliphatic carbocycles. The molecule has 0 fully saturated rings. The zero-order valence-electron chi connectivity index (χ0n) is 17.8. The van der Waals surface area contributed by atoms with Crippen molar-refractivity contribution in [3.63, 3.8) is 0 Å². The Bertz CT molecular complexity index is 1160. The zero-order valence-corrected chi connectivity index (χ0v) is 17.8. The number of nitrogens with zero attached hydrogens (tertiary/aromatic N) is 2. The largest absolute Gasteiger partial charge is 0.453 e. The van der Waals surface area contributed by atoms with E-state index in [2.05, 4.69) is 10.5 Å². The fourth-order valence-electron chi connectivity index (χ4n) is 3.19.